The van der Waals surface area contributed by atoms with Crippen LogP contribution in [0.5, 0.6) is 0 Å². The number of carboxylic acid groups (broad SMARTS) is 1. The summed E-state index contributed by atoms with van der Waals surface area (Å²) < 4.78 is 0. The number of nitrogens with two attached hydrogens (primary N) is 1. The normalized spacial score (nSPS) is 24.9. The van der Waals surface area contributed by atoms with Gasteiger partial charge in [0.15, 0.2) is 0 Å². The van der Waals surface area contributed by atoms with Gasteiger partial charge in [0.2, 0.25) is 5.91 Å². The Morgan fingerprint density at radius 2 is 2.24 bits per heavy atom. The van der Waals surface area contributed by atoms with Crippen LogP contribution in [0.1, 0.15) is 25.7 Å². The van der Waals surface area contributed by atoms with Crippen LogP contribution in [0.2, 0.25) is 0 Å². The zero-order valence-corrected chi connectivity index (χ0v) is 9.69. The number of nitrogens with one attached hydrogen (secondary N) is 1. The Morgan fingerprint density at radius 1 is 1.53 bits per heavy atom. The van der Waals surface area contributed by atoms with Crippen molar-refractivity contribution in [3.05, 3.63) is 0 Å². The molecule has 3 unspecified atom stereocenters. The Balaban J connectivity index is 2.38. The van der Waals surface area contributed by atoms with Crippen LogP contribution >= 0.6 is 0 Å². The lowest BCUT2D eigenvalue weighted by Crippen LogP contribution is -2.43. The Kier molecular flexibility index (Phi) is 4.98. The highest BCUT2D eigenvalue weighted by Gasteiger charge is 2.33. The van der Waals surface area contributed by atoms with Crippen molar-refractivity contribution in [3.8, 4) is 12.3 Å². The minimum Gasteiger partial charge on any atom is -0.481 e. The third kappa shape index (κ3) is 3.75. The predicted molar refractivity (Wildman–Crippen MR) is 62.9 cm³/mol. The fraction of sp³-hybridized carbons (Fsp3) is 0.667. The van der Waals surface area contributed by atoms with Gasteiger partial charge in [-0.2, -0.15) is 0 Å². The molecule has 0 saturated heterocycles. The average molecular weight is 238 g/mol. The number of hydrogen-bond donors (Lipinski definition) is 3. The summed E-state index contributed by atoms with van der Waals surface area (Å²) in [6.45, 7) is 0.369. The lowest BCUT2D eigenvalue weighted by Gasteiger charge is -2.17. The monoisotopic (exact) mass is 238 g/mol. The molecule has 1 amide bonds. The topological polar surface area (TPSA) is 92.4 Å². The molecule has 0 heterocycles. The summed E-state index contributed by atoms with van der Waals surface area (Å²) in [7, 11) is 0. The van der Waals surface area contributed by atoms with E-state index in [1.807, 2.05) is 0 Å². The smallest absolute Gasteiger partial charge is 0.306 e. The zero-order valence-electron chi connectivity index (χ0n) is 9.69. The average Bonchev–Trinajstić information content (AvgIpc) is 2.74. The molecule has 1 fully saturated rings. The molecule has 0 radical (unpaired) electrons. The molecule has 94 valence electrons. The van der Waals surface area contributed by atoms with E-state index in [1.165, 1.54) is 0 Å². The first kappa shape index (κ1) is 13.5. The number of aliphatic carboxylic acids is 1. The zero-order chi connectivity index (χ0) is 12.8. The number of carbonyl (C=O) groups is 2. The molecule has 17 heavy (non-hydrogen) atoms. The first-order valence-electron chi connectivity index (χ1n) is 5.75. The Morgan fingerprint density at radius 3 is 2.82 bits per heavy atom. The molecule has 0 spiro atoms. The van der Waals surface area contributed by atoms with Crippen molar-refractivity contribution >= 4 is 11.9 Å². The van der Waals surface area contributed by atoms with Crippen LogP contribution < -0.4 is 11.1 Å². The molecule has 0 aromatic carbocycles. The molecule has 0 aromatic rings. The van der Waals surface area contributed by atoms with E-state index in [1.54, 1.807) is 0 Å². The molecule has 0 aromatic heterocycles. The van der Waals surface area contributed by atoms with Crippen molar-refractivity contribution in [2.75, 3.05) is 6.54 Å². The summed E-state index contributed by atoms with van der Waals surface area (Å²) in [5, 5.41) is 11.6. The van der Waals surface area contributed by atoms with Crippen molar-refractivity contribution in [2.24, 2.45) is 17.6 Å². The van der Waals surface area contributed by atoms with Gasteiger partial charge in [-0.3, -0.25) is 9.59 Å². The SMILES string of the molecule is C#CCC(N)C(=O)NCC1CCCC1C(=O)O. The Bertz CT molecular complexity index is 335. The second kappa shape index (κ2) is 6.26. The standard InChI is InChI=1S/C12H18N2O3/c1-2-4-10(13)11(15)14-7-8-5-3-6-9(8)12(16)17/h1,8-10H,3-7,13H2,(H,14,15)(H,16,17). The molecule has 4 N–H and O–H groups in total. The summed E-state index contributed by atoms with van der Waals surface area (Å²) >= 11 is 0. The van der Waals surface area contributed by atoms with Gasteiger partial charge >= 0.3 is 5.97 Å². The molecule has 0 bridgehead atoms. The van der Waals surface area contributed by atoms with E-state index in [0.29, 0.717) is 13.0 Å². The summed E-state index contributed by atoms with van der Waals surface area (Å²) in [6.07, 6.45) is 7.67. The molecule has 3 atom stereocenters. The molecule has 1 rings (SSSR count). The molecular weight excluding hydrogens is 220 g/mol. The minimum absolute atomic E-state index is 0.00878. The number of amides is 1. The number of carbonyl (C=O) groups excluding carboxylic acids is 1. The van der Waals surface area contributed by atoms with Crippen LogP contribution in [-0.2, 0) is 9.59 Å². The fourth-order valence-electron chi connectivity index (χ4n) is 2.19. The highest BCUT2D eigenvalue weighted by molar-refractivity contribution is 5.81. The van der Waals surface area contributed by atoms with Crippen molar-refractivity contribution in [1.82, 2.24) is 5.32 Å². The van der Waals surface area contributed by atoms with Crippen molar-refractivity contribution in [2.45, 2.75) is 31.7 Å². The van der Waals surface area contributed by atoms with E-state index in [-0.39, 0.29) is 24.2 Å². The quantitative estimate of drug-likeness (QED) is 0.586. The number of rotatable bonds is 5. The molecule has 5 nitrogen and oxygen atoms in total. The van der Waals surface area contributed by atoms with Gasteiger partial charge in [-0.05, 0) is 18.8 Å². The third-order valence-corrected chi connectivity index (χ3v) is 3.19. The highest BCUT2D eigenvalue weighted by atomic mass is 16.4. The molecule has 5 heteroatoms. The van der Waals surface area contributed by atoms with E-state index in [0.717, 1.165) is 12.8 Å². The van der Waals surface area contributed by atoms with Gasteiger partial charge in [-0.1, -0.05) is 6.42 Å². The van der Waals surface area contributed by atoms with Crippen molar-refractivity contribution in [3.63, 3.8) is 0 Å². The van der Waals surface area contributed by atoms with Crippen LogP contribution in [-0.4, -0.2) is 29.6 Å². The van der Waals surface area contributed by atoms with Gasteiger partial charge in [0, 0.05) is 13.0 Å². The van der Waals surface area contributed by atoms with Crippen LogP contribution in [0.3, 0.4) is 0 Å². The molecule has 0 aliphatic heterocycles. The van der Waals surface area contributed by atoms with Gasteiger partial charge in [0.1, 0.15) is 0 Å². The molecule has 1 saturated carbocycles. The van der Waals surface area contributed by atoms with Gasteiger partial charge in [0.25, 0.3) is 0 Å². The van der Waals surface area contributed by atoms with E-state index in [2.05, 4.69) is 11.2 Å². The molecule has 1 aliphatic carbocycles. The van der Waals surface area contributed by atoms with Crippen molar-refractivity contribution < 1.29 is 14.7 Å². The number of carboxylic acids is 1. The van der Waals surface area contributed by atoms with Crippen molar-refractivity contribution in [1.29, 1.82) is 0 Å². The summed E-state index contributed by atoms with van der Waals surface area (Å²) in [4.78, 5) is 22.4. The largest absolute Gasteiger partial charge is 0.481 e. The Hall–Kier alpha value is -1.54. The van der Waals surface area contributed by atoms with Crippen LogP contribution in [0.15, 0.2) is 0 Å². The third-order valence-electron chi connectivity index (χ3n) is 3.19. The van der Waals surface area contributed by atoms with Gasteiger partial charge in [-0.25, -0.2) is 0 Å². The van der Waals surface area contributed by atoms with E-state index < -0.39 is 12.0 Å². The van der Waals surface area contributed by atoms with Crippen LogP contribution in [0.25, 0.3) is 0 Å². The van der Waals surface area contributed by atoms with E-state index in [4.69, 9.17) is 17.3 Å². The van der Waals surface area contributed by atoms with Crippen LogP contribution in [0.4, 0.5) is 0 Å². The lowest BCUT2D eigenvalue weighted by molar-refractivity contribution is -0.143. The summed E-state index contributed by atoms with van der Waals surface area (Å²) in [5.41, 5.74) is 5.54. The van der Waals surface area contributed by atoms with Gasteiger partial charge in [-0.15, -0.1) is 12.3 Å². The summed E-state index contributed by atoms with van der Waals surface area (Å²) in [5.74, 6) is 0.895. The second-order valence-electron chi connectivity index (χ2n) is 4.40. The number of terminal acetylenes is 1. The van der Waals surface area contributed by atoms with Gasteiger partial charge in [0.05, 0.1) is 12.0 Å². The summed E-state index contributed by atoms with van der Waals surface area (Å²) in [6, 6.07) is -0.704. The predicted octanol–water partition coefficient (Wildman–Crippen LogP) is -0.0459. The first-order chi connectivity index (χ1) is 8.06. The van der Waals surface area contributed by atoms with Gasteiger partial charge < -0.3 is 16.2 Å². The fourth-order valence-corrected chi connectivity index (χ4v) is 2.19. The molecule has 1 aliphatic rings. The first-order valence-corrected chi connectivity index (χ1v) is 5.75. The number of hydrogen-bond acceptors (Lipinski definition) is 3. The second-order valence-corrected chi connectivity index (χ2v) is 4.40. The molecular formula is C12H18N2O3. The lowest BCUT2D eigenvalue weighted by atomic mass is 9.96. The maximum absolute atomic E-state index is 11.5. The van der Waals surface area contributed by atoms with Crippen LogP contribution in [0, 0.1) is 24.2 Å². The highest BCUT2D eigenvalue weighted by Crippen LogP contribution is 2.31. The van der Waals surface area contributed by atoms with E-state index >= 15 is 0 Å². The Labute approximate surface area is 101 Å². The minimum atomic E-state index is -0.783. The van der Waals surface area contributed by atoms with E-state index in [9.17, 15) is 9.59 Å². The maximum Gasteiger partial charge on any atom is 0.306 e. The maximum atomic E-state index is 11.5.